The van der Waals surface area contributed by atoms with Crippen molar-refractivity contribution < 1.29 is 8.78 Å². The summed E-state index contributed by atoms with van der Waals surface area (Å²) in [5.74, 6) is 0.411. The first-order valence-electron chi connectivity index (χ1n) is 6.69. The van der Waals surface area contributed by atoms with Crippen molar-refractivity contribution in [3.8, 4) is 0 Å². The molecule has 1 aliphatic rings. The Balaban J connectivity index is 1.97. The van der Waals surface area contributed by atoms with Gasteiger partial charge in [-0.1, -0.05) is 36.4 Å². The van der Waals surface area contributed by atoms with Crippen LogP contribution in [-0.2, 0) is 0 Å². The Labute approximate surface area is 121 Å². The summed E-state index contributed by atoms with van der Waals surface area (Å²) < 4.78 is 25.7. The number of aliphatic imine (C=N–C) groups is 1. The van der Waals surface area contributed by atoms with E-state index in [0.29, 0.717) is 12.5 Å². The molecule has 2 aromatic rings. The zero-order valence-electron chi connectivity index (χ0n) is 11.3. The van der Waals surface area contributed by atoms with E-state index in [2.05, 4.69) is 4.99 Å². The molecule has 1 aliphatic heterocycles. The number of alkyl halides is 2. The van der Waals surface area contributed by atoms with Gasteiger partial charge in [-0.05, 0) is 23.8 Å². The molecule has 2 N–H and O–H groups in total. The molecule has 108 valence electrons. The van der Waals surface area contributed by atoms with Gasteiger partial charge in [0.15, 0.2) is 5.96 Å². The standard InChI is InChI=1S/C16H15F2N3/c17-15(18)12-6-4-5-11(9-12)14-10-20-16(19)21(14)13-7-2-1-3-8-13/h1-9,14-15H,10H2,(H2,19,20). The molecule has 0 spiro atoms. The van der Waals surface area contributed by atoms with Crippen molar-refractivity contribution in [2.24, 2.45) is 10.7 Å². The van der Waals surface area contributed by atoms with Gasteiger partial charge in [-0.15, -0.1) is 0 Å². The zero-order chi connectivity index (χ0) is 14.8. The number of halogens is 2. The summed E-state index contributed by atoms with van der Waals surface area (Å²) in [5.41, 5.74) is 7.68. The van der Waals surface area contributed by atoms with Crippen molar-refractivity contribution in [2.45, 2.75) is 12.5 Å². The Bertz CT molecular complexity index is 656. The van der Waals surface area contributed by atoms with Crippen molar-refractivity contribution in [1.29, 1.82) is 0 Å². The number of guanidine groups is 1. The predicted octanol–water partition coefficient (Wildman–Crippen LogP) is 3.50. The molecular weight excluding hydrogens is 272 g/mol. The number of benzene rings is 2. The number of nitrogens with zero attached hydrogens (tertiary/aromatic N) is 2. The van der Waals surface area contributed by atoms with Crippen LogP contribution in [0.15, 0.2) is 59.6 Å². The lowest BCUT2D eigenvalue weighted by molar-refractivity contribution is 0.151. The first-order chi connectivity index (χ1) is 10.2. The first-order valence-corrected chi connectivity index (χ1v) is 6.69. The molecule has 1 unspecified atom stereocenters. The molecule has 3 rings (SSSR count). The Morgan fingerprint density at radius 2 is 1.86 bits per heavy atom. The molecule has 21 heavy (non-hydrogen) atoms. The Morgan fingerprint density at radius 3 is 2.57 bits per heavy atom. The maximum Gasteiger partial charge on any atom is 0.263 e. The highest BCUT2D eigenvalue weighted by Gasteiger charge is 2.29. The lowest BCUT2D eigenvalue weighted by atomic mass is 10.0. The molecule has 0 aliphatic carbocycles. The van der Waals surface area contributed by atoms with E-state index in [4.69, 9.17) is 5.73 Å². The summed E-state index contributed by atoms with van der Waals surface area (Å²) in [4.78, 5) is 6.14. The molecule has 0 aromatic heterocycles. The van der Waals surface area contributed by atoms with E-state index in [1.807, 2.05) is 41.3 Å². The SMILES string of the molecule is NC1=NCC(c2cccc(C(F)F)c2)N1c1ccccc1. The third-order valence-corrected chi connectivity index (χ3v) is 3.57. The molecule has 0 radical (unpaired) electrons. The minimum atomic E-state index is -2.48. The summed E-state index contributed by atoms with van der Waals surface area (Å²) in [6.45, 7) is 0.466. The largest absolute Gasteiger partial charge is 0.369 e. The molecule has 0 fully saturated rings. The molecule has 5 heteroatoms. The normalized spacial score (nSPS) is 18.1. The fourth-order valence-corrected chi connectivity index (χ4v) is 2.55. The van der Waals surface area contributed by atoms with E-state index < -0.39 is 6.43 Å². The second-order valence-electron chi connectivity index (χ2n) is 4.89. The smallest absolute Gasteiger partial charge is 0.263 e. The average molecular weight is 287 g/mol. The minimum absolute atomic E-state index is 0.0194. The van der Waals surface area contributed by atoms with Gasteiger partial charge >= 0.3 is 0 Å². The third kappa shape index (κ3) is 2.59. The minimum Gasteiger partial charge on any atom is -0.369 e. The highest BCUT2D eigenvalue weighted by Crippen LogP contribution is 2.32. The van der Waals surface area contributed by atoms with E-state index in [1.54, 1.807) is 6.07 Å². The van der Waals surface area contributed by atoms with Gasteiger partial charge in [0.05, 0.1) is 12.6 Å². The topological polar surface area (TPSA) is 41.6 Å². The van der Waals surface area contributed by atoms with Crippen LogP contribution in [0.2, 0.25) is 0 Å². The lowest BCUT2D eigenvalue weighted by Crippen LogP contribution is -2.36. The Morgan fingerprint density at radius 1 is 1.10 bits per heavy atom. The molecule has 0 amide bonds. The van der Waals surface area contributed by atoms with Crippen LogP contribution >= 0.6 is 0 Å². The zero-order valence-corrected chi connectivity index (χ0v) is 11.3. The van der Waals surface area contributed by atoms with Gasteiger partial charge in [0, 0.05) is 11.3 Å². The van der Waals surface area contributed by atoms with Gasteiger partial charge in [-0.3, -0.25) is 4.99 Å². The van der Waals surface area contributed by atoms with E-state index in [1.165, 1.54) is 12.1 Å². The number of hydrogen-bond acceptors (Lipinski definition) is 3. The molecule has 1 heterocycles. The van der Waals surface area contributed by atoms with Crippen LogP contribution in [0.5, 0.6) is 0 Å². The quantitative estimate of drug-likeness (QED) is 0.938. The van der Waals surface area contributed by atoms with Crippen molar-refractivity contribution in [2.75, 3.05) is 11.4 Å². The van der Waals surface area contributed by atoms with Gasteiger partial charge in [0.1, 0.15) is 0 Å². The van der Waals surface area contributed by atoms with Crippen molar-refractivity contribution in [3.63, 3.8) is 0 Å². The van der Waals surface area contributed by atoms with Gasteiger partial charge in [-0.2, -0.15) is 0 Å². The molecular formula is C16H15F2N3. The van der Waals surface area contributed by atoms with Gasteiger partial charge < -0.3 is 10.6 Å². The van der Waals surface area contributed by atoms with Crippen LogP contribution in [0.1, 0.15) is 23.6 Å². The second-order valence-corrected chi connectivity index (χ2v) is 4.89. The van der Waals surface area contributed by atoms with Crippen molar-refractivity contribution in [3.05, 3.63) is 65.7 Å². The van der Waals surface area contributed by atoms with Gasteiger partial charge in [0.2, 0.25) is 0 Å². The summed E-state index contributed by atoms with van der Waals surface area (Å²) in [7, 11) is 0. The third-order valence-electron chi connectivity index (χ3n) is 3.57. The van der Waals surface area contributed by atoms with E-state index >= 15 is 0 Å². The highest BCUT2D eigenvalue weighted by atomic mass is 19.3. The van der Waals surface area contributed by atoms with Crippen LogP contribution in [0.25, 0.3) is 0 Å². The number of nitrogens with two attached hydrogens (primary N) is 1. The monoisotopic (exact) mass is 287 g/mol. The van der Waals surface area contributed by atoms with Gasteiger partial charge in [-0.25, -0.2) is 8.78 Å². The Kier molecular flexibility index (Phi) is 3.56. The molecule has 0 bridgehead atoms. The van der Waals surface area contributed by atoms with Crippen LogP contribution < -0.4 is 10.6 Å². The van der Waals surface area contributed by atoms with Crippen LogP contribution in [0.4, 0.5) is 14.5 Å². The maximum absolute atomic E-state index is 12.9. The molecule has 1 atom stereocenters. The molecule has 0 saturated carbocycles. The average Bonchev–Trinajstić information content (AvgIpc) is 2.90. The molecule has 0 saturated heterocycles. The van der Waals surface area contributed by atoms with Crippen LogP contribution in [0.3, 0.4) is 0 Å². The van der Waals surface area contributed by atoms with Crippen molar-refractivity contribution in [1.82, 2.24) is 0 Å². The number of anilines is 1. The number of rotatable bonds is 3. The first kappa shape index (κ1) is 13.5. The van der Waals surface area contributed by atoms with E-state index in [9.17, 15) is 8.78 Å². The van der Waals surface area contributed by atoms with E-state index in [-0.39, 0.29) is 11.6 Å². The fraction of sp³-hybridized carbons (Fsp3) is 0.188. The lowest BCUT2D eigenvalue weighted by Gasteiger charge is -2.27. The molecule has 3 nitrogen and oxygen atoms in total. The summed E-state index contributed by atoms with van der Waals surface area (Å²) in [6.07, 6.45) is -2.48. The maximum atomic E-state index is 12.9. The highest BCUT2D eigenvalue weighted by molar-refractivity contribution is 5.97. The summed E-state index contributed by atoms with van der Waals surface area (Å²) in [5, 5.41) is 0. The van der Waals surface area contributed by atoms with E-state index in [0.717, 1.165) is 11.3 Å². The van der Waals surface area contributed by atoms with Crippen molar-refractivity contribution >= 4 is 11.6 Å². The number of hydrogen-bond donors (Lipinski definition) is 1. The van der Waals surface area contributed by atoms with Gasteiger partial charge in [0.25, 0.3) is 6.43 Å². The summed E-state index contributed by atoms with van der Waals surface area (Å²) in [6, 6.07) is 15.9. The van der Waals surface area contributed by atoms with Crippen LogP contribution in [-0.4, -0.2) is 12.5 Å². The second kappa shape index (κ2) is 5.52. The number of para-hydroxylation sites is 1. The Hall–Kier alpha value is -2.43. The summed E-state index contributed by atoms with van der Waals surface area (Å²) >= 11 is 0. The predicted molar refractivity (Wildman–Crippen MR) is 79.6 cm³/mol. The molecule has 2 aromatic carbocycles. The fourth-order valence-electron chi connectivity index (χ4n) is 2.55. The van der Waals surface area contributed by atoms with Crippen LogP contribution in [0, 0.1) is 0 Å².